The van der Waals surface area contributed by atoms with Crippen molar-refractivity contribution in [3.63, 3.8) is 0 Å². The molecule has 0 saturated heterocycles. The first-order chi connectivity index (χ1) is 9.37. The molecule has 0 N–H and O–H groups in total. The van der Waals surface area contributed by atoms with Gasteiger partial charge < -0.3 is 4.74 Å². The van der Waals surface area contributed by atoms with Crippen LogP contribution in [-0.2, 0) is 4.74 Å². The van der Waals surface area contributed by atoms with E-state index in [1.807, 2.05) is 39.0 Å². The van der Waals surface area contributed by atoms with Crippen LogP contribution in [0, 0.1) is 11.3 Å². The lowest BCUT2D eigenvalue weighted by molar-refractivity contribution is 0.0357. The van der Waals surface area contributed by atoms with E-state index in [1.54, 1.807) is 6.20 Å². The molecule has 1 heterocycles. The van der Waals surface area contributed by atoms with Gasteiger partial charge in [-0.2, -0.15) is 5.26 Å². The fourth-order valence-corrected chi connectivity index (χ4v) is 1.76. The summed E-state index contributed by atoms with van der Waals surface area (Å²) < 4.78 is 5.34. The van der Waals surface area contributed by atoms with Crippen LogP contribution < -0.4 is 0 Å². The molecule has 1 amide bonds. The van der Waals surface area contributed by atoms with Gasteiger partial charge in [0.2, 0.25) is 0 Å². The van der Waals surface area contributed by atoms with Gasteiger partial charge in [0.25, 0.3) is 0 Å². The molecule has 0 aromatic rings. The van der Waals surface area contributed by atoms with Crippen molar-refractivity contribution in [3.05, 3.63) is 35.6 Å². The van der Waals surface area contributed by atoms with Crippen molar-refractivity contribution in [2.45, 2.75) is 46.1 Å². The number of ether oxygens (including phenoxy) is 1. The topological polar surface area (TPSA) is 53.3 Å². The van der Waals surface area contributed by atoms with Gasteiger partial charge in [0.15, 0.2) is 0 Å². The van der Waals surface area contributed by atoms with E-state index >= 15 is 0 Å². The molecule has 0 bridgehead atoms. The first-order valence-corrected chi connectivity index (χ1v) is 6.80. The summed E-state index contributed by atoms with van der Waals surface area (Å²) in [6.45, 7) is 8.02. The highest BCUT2D eigenvalue weighted by molar-refractivity contribution is 5.72. The first kappa shape index (κ1) is 16.0. The second-order valence-electron chi connectivity index (χ2n) is 5.63. The summed E-state index contributed by atoms with van der Waals surface area (Å²) in [6, 6.07) is 2.13. The van der Waals surface area contributed by atoms with Gasteiger partial charge in [-0.05, 0) is 38.3 Å². The molecule has 108 valence electrons. The Morgan fingerprint density at radius 2 is 2.25 bits per heavy atom. The fourth-order valence-electron chi connectivity index (χ4n) is 1.76. The van der Waals surface area contributed by atoms with Gasteiger partial charge in [-0.25, -0.2) is 4.79 Å². The van der Waals surface area contributed by atoms with Gasteiger partial charge >= 0.3 is 6.09 Å². The third-order valence-corrected chi connectivity index (χ3v) is 2.63. The van der Waals surface area contributed by atoms with Gasteiger partial charge in [0.05, 0.1) is 19.0 Å². The number of hydrogen-bond acceptors (Lipinski definition) is 3. The summed E-state index contributed by atoms with van der Waals surface area (Å²) in [4.78, 5) is 13.5. The number of rotatable bonds is 3. The van der Waals surface area contributed by atoms with Crippen LogP contribution in [0.3, 0.4) is 0 Å². The van der Waals surface area contributed by atoms with E-state index in [0.717, 1.165) is 17.6 Å². The number of allylic oxidation sites excluding steroid dienone is 3. The smallest absolute Gasteiger partial charge is 0.414 e. The highest BCUT2D eigenvalue weighted by Gasteiger charge is 2.26. The van der Waals surface area contributed by atoms with E-state index in [4.69, 9.17) is 10.00 Å². The number of nitriles is 1. The average Bonchev–Trinajstić information content (AvgIpc) is 2.72. The highest BCUT2D eigenvalue weighted by atomic mass is 16.6. The van der Waals surface area contributed by atoms with Gasteiger partial charge in [0, 0.05) is 6.20 Å². The monoisotopic (exact) mass is 274 g/mol. The van der Waals surface area contributed by atoms with Crippen LogP contribution in [0.4, 0.5) is 4.79 Å². The zero-order valence-corrected chi connectivity index (χ0v) is 12.6. The molecule has 0 aromatic carbocycles. The molecule has 0 fully saturated rings. The summed E-state index contributed by atoms with van der Waals surface area (Å²) in [5.41, 5.74) is 1.34. The predicted molar refractivity (Wildman–Crippen MR) is 78.8 cm³/mol. The molecule has 0 aromatic heterocycles. The Kier molecular flexibility index (Phi) is 5.57. The maximum atomic E-state index is 12.0. The Morgan fingerprint density at radius 3 is 2.80 bits per heavy atom. The van der Waals surface area contributed by atoms with E-state index < -0.39 is 5.60 Å². The Balaban J connectivity index is 2.84. The first-order valence-electron chi connectivity index (χ1n) is 6.80. The van der Waals surface area contributed by atoms with Crippen molar-refractivity contribution in [2.24, 2.45) is 0 Å². The number of amides is 1. The SMILES string of the molecule is CCC=CC=C1CN(C(=O)OC(C)(C)C)C=C1CC#N. The molecule has 1 rings (SSSR count). The zero-order chi connectivity index (χ0) is 15.2. The van der Waals surface area contributed by atoms with Crippen molar-refractivity contribution in [2.75, 3.05) is 6.54 Å². The average molecular weight is 274 g/mol. The molecule has 0 radical (unpaired) electrons. The van der Waals surface area contributed by atoms with Gasteiger partial charge in [-0.1, -0.05) is 25.2 Å². The Morgan fingerprint density at radius 1 is 1.55 bits per heavy atom. The van der Waals surface area contributed by atoms with Crippen LogP contribution in [0.1, 0.15) is 40.5 Å². The van der Waals surface area contributed by atoms with Crippen LogP contribution in [-0.4, -0.2) is 23.1 Å². The van der Waals surface area contributed by atoms with Gasteiger partial charge in [0.1, 0.15) is 5.60 Å². The highest BCUT2D eigenvalue weighted by Crippen LogP contribution is 2.25. The minimum atomic E-state index is -0.519. The lowest BCUT2D eigenvalue weighted by Crippen LogP contribution is -2.32. The molecule has 0 aliphatic carbocycles. The molecule has 1 aliphatic heterocycles. The van der Waals surface area contributed by atoms with Crippen molar-refractivity contribution < 1.29 is 9.53 Å². The van der Waals surface area contributed by atoms with Crippen molar-refractivity contribution in [1.29, 1.82) is 5.26 Å². The normalized spacial score (nSPS) is 17.4. The second kappa shape index (κ2) is 6.95. The molecule has 0 unspecified atom stereocenters. The van der Waals surface area contributed by atoms with E-state index in [-0.39, 0.29) is 6.09 Å². The standard InChI is InChI=1S/C16H22N2O2/c1-5-6-7-8-13-11-18(12-14(13)9-10-17)15(19)20-16(2,3)4/h6-8,12H,5,9,11H2,1-4H3. The van der Waals surface area contributed by atoms with Crippen LogP contribution >= 0.6 is 0 Å². The predicted octanol–water partition coefficient (Wildman–Crippen LogP) is 3.93. The number of carbonyl (C=O) groups is 1. The van der Waals surface area contributed by atoms with Crippen molar-refractivity contribution in [3.8, 4) is 6.07 Å². The zero-order valence-electron chi connectivity index (χ0n) is 12.6. The summed E-state index contributed by atoms with van der Waals surface area (Å²) in [5, 5.41) is 8.86. The second-order valence-corrected chi connectivity index (χ2v) is 5.63. The lowest BCUT2D eigenvalue weighted by atomic mass is 10.1. The van der Waals surface area contributed by atoms with Crippen molar-refractivity contribution in [1.82, 2.24) is 4.90 Å². The van der Waals surface area contributed by atoms with Crippen LogP contribution in [0.5, 0.6) is 0 Å². The molecule has 0 saturated carbocycles. The largest absolute Gasteiger partial charge is 0.443 e. The third kappa shape index (κ3) is 4.93. The Labute approximate surface area is 121 Å². The Bertz CT molecular complexity index is 488. The van der Waals surface area contributed by atoms with Gasteiger partial charge in [-0.15, -0.1) is 0 Å². The molecular formula is C16H22N2O2. The summed E-state index contributed by atoms with van der Waals surface area (Å²) in [7, 11) is 0. The molecule has 1 aliphatic rings. The van der Waals surface area contributed by atoms with E-state index in [9.17, 15) is 4.79 Å². The minimum Gasteiger partial charge on any atom is -0.443 e. The summed E-state index contributed by atoms with van der Waals surface area (Å²) in [5.74, 6) is 0. The molecule has 4 heteroatoms. The summed E-state index contributed by atoms with van der Waals surface area (Å²) in [6.07, 6.45) is 8.53. The minimum absolute atomic E-state index is 0.297. The van der Waals surface area contributed by atoms with Gasteiger partial charge in [-0.3, -0.25) is 4.90 Å². The van der Waals surface area contributed by atoms with Crippen molar-refractivity contribution >= 4 is 6.09 Å². The quantitative estimate of drug-likeness (QED) is 0.783. The van der Waals surface area contributed by atoms with Crippen LogP contribution in [0.2, 0.25) is 0 Å². The van der Waals surface area contributed by atoms with Crippen LogP contribution in [0.15, 0.2) is 35.6 Å². The number of hydrogen-bond donors (Lipinski definition) is 0. The number of carbonyl (C=O) groups excluding carboxylic acids is 1. The van der Waals surface area contributed by atoms with E-state index in [0.29, 0.717) is 13.0 Å². The van der Waals surface area contributed by atoms with Crippen LogP contribution in [0.25, 0.3) is 0 Å². The lowest BCUT2D eigenvalue weighted by Gasteiger charge is -2.23. The molecule has 0 atom stereocenters. The molecular weight excluding hydrogens is 252 g/mol. The molecule has 4 nitrogen and oxygen atoms in total. The van der Waals surface area contributed by atoms with E-state index in [2.05, 4.69) is 13.0 Å². The third-order valence-electron chi connectivity index (χ3n) is 2.63. The van der Waals surface area contributed by atoms with E-state index in [1.165, 1.54) is 4.90 Å². The molecule has 20 heavy (non-hydrogen) atoms. The number of nitrogens with zero attached hydrogens (tertiary/aromatic N) is 2. The Hall–Kier alpha value is -2.02. The maximum absolute atomic E-state index is 12.0. The summed E-state index contributed by atoms with van der Waals surface area (Å²) >= 11 is 0. The fraction of sp³-hybridized carbons (Fsp3) is 0.500. The maximum Gasteiger partial charge on any atom is 0.414 e. The molecule has 0 spiro atoms.